The largest absolute Gasteiger partial charge is 0.361 e. The Balaban J connectivity index is 1.60. The van der Waals surface area contributed by atoms with Crippen LogP contribution >= 0.6 is 0 Å². The molecule has 7 heteroatoms. The summed E-state index contributed by atoms with van der Waals surface area (Å²) in [4.78, 5) is 3.16. The summed E-state index contributed by atoms with van der Waals surface area (Å²) in [5.74, 6) is -0.764. The van der Waals surface area contributed by atoms with Gasteiger partial charge in [-0.15, -0.1) is 0 Å². The van der Waals surface area contributed by atoms with Gasteiger partial charge in [0, 0.05) is 29.1 Å². The summed E-state index contributed by atoms with van der Waals surface area (Å²) in [6, 6.07) is 8.26. The van der Waals surface area contributed by atoms with Gasteiger partial charge < -0.3 is 4.98 Å². The lowest BCUT2D eigenvalue weighted by atomic mass is 9.96. The van der Waals surface area contributed by atoms with Gasteiger partial charge in [0.05, 0.1) is 4.90 Å². The summed E-state index contributed by atoms with van der Waals surface area (Å²) in [6.07, 6.45) is 3.47. The van der Waals surface area contributed by atoms with Crippen molar-refractivity contribution >= 4 is 20.9 Å². The number of aryl methyl sites for hydroxylation is 1. The van der Waals surface area contributed by atoms with Gasteiger partial charge in [0.15, 0.2) is 0 Å². The molecule has 2 aromatic carbocycles. The first-order valence-electron chi connectivity index (χ1n) is 8.34. The summed E-state index contributed by atoms with van der Waals surface area (Å²) in [5.41, 5.74) is 1.68. The molecule has 26 heavy (non-hydrogen) atoms. The molecule has 0 atom stereocenters. The number of aromatic nitrogens is 1. The number of hydrogen-bond donors (Lipinski definition) is 2. The highest BCUT2D eigenvalue weighted by molar-refractivity contribution is 7.89. The second-order valence-electron chi connectivity index (χ2n) is 6.91. The average molecular weight is 376 g/mol. The van der Waals surface area contributed by atoms with E-state index in [1.165, 1.54) is 31.2 Å². The maximum Gasteiger partial charge on any atom is 0.240 e. The van der Waals surface area contributed by atoms with Crippen LogP contribution in [0.5, 0.6) is 0 Å². The number of hydrogen-bond acceptors (Lipinski definition) is 2. The first-order chi connectivity index (χ1) is 12.3. The van der Waals surface area contributed by atoms with Gasteiger partial charge in [-0.1, -0.05) is 0 Å². The van der Waals surface area contributed by atoms with E-state index in [9.17, 15) is 17.2 Å². The molecule has 1 heterocycles. The molecule has 0 amide bonds. The zero-order valence-electron chi connectivity index (χ0n) is 14.1. The maximum absolute atomic E-state index is 13.6. The van der Waals surface area contributed by atoms with E-state index in [-0.39, 0.29) is 28.2 Å². The van der Waals surface area contributed by atoms with Gasteiger partial charge in [-0.25, -0.2) is 21.9 Å². The number of aromatic amines is 1. The van der Waals surface area contributed by atoms with Crippen molar-refractivity contribution in [2.75, 3.05) is 6.54 Å². The fourth-order valence-corrected chi connectivity index (χ4v) is 4.54. The number of H-pyrrole nitrogens is 1. The van der Waals surface area contributed by atoms with Crippen LogP contribution in [-0.2, 0) is 15.4 Å². The van der Waals surface area contributed by atoms with Gasteiger partial charge in [-0.3, -0.25) is 0 Å². The molecule has 0 aliphatic heterocycles. The average Bonchev–Trinajstić information content (AvgIpc) is 3.28. The molecule has 0 saturated heterocycles. The van der Waals surface area contributed by atoms with Crippen LogP contribution in [0.15, 0.2) is 47.5 Å². The zero-order valence-corrected chi connectivity index (χ0v) is 15.0. The molecule has 1 aliphatic rings. The highest BCUT2D eigenvalue weighted by Crippen LogP contribution is 2.50. The normalized spacial score (nSPS) is 16.1. The fourth-order valence-electron chi connectivity index (χ4n) is 3.32. The molecule has 1 fully saturated rings. The number of halogens is 2. The van der Waals surface area contributed by atoms with Gasteiger partial charge in [0.25, 0.3) is 0 Å². The molecule has 3 aromatic rings. The molecule has 1 aliphatic carbocycles. The topological polar surface area (TPSA) is 62.0 Å². The van der Waals surface area contributed by atoms with Crippen LogP contribution in [0.4, 0.5) is 8.78 Å². The summed E-state index contributed by atoms with van der Waals surface area (Å²) in [6.45, 7) is 1.74. The number of sulfonamides is 1. The third kappa shape index (κ3) is 2.91. The minimum absolute atomic E-state index is 0.0390. The zero-order chi connectivity index (χ0) is 18.5. The quantitative estimate of drug-likeness (QED) is 0.712. The minimum Gasteiger partial charge on any atom is -0.361 e. The molecular formula is C19H18F2N2O2S. The Labute approximate surface area is 150 Å². The predicted molar refractivity (Wildman–Crippen MR) is 95.5 cm³/mol. The number of rotatable bonds is 5. The third-order valence-corrected chi connectivity index (χ3v) is 6.51. The van der Waals surface area contributed by atoms with Gasteiger partial charge in [-0.2, -0.15) is 0 Å². The van der Waals surface area contributed by atoms with Crippen molar-refractivity contribution < 1.29 is 17.2 Å². The Morgan fingerprint density at radius 1 is 1.15 bits per heavy atom. The smallest absolute Gasteiger partial charge is 0.240 e. The summed E-state index contributed by atoms with van der Waals surface area (Å²) in [5, 5.41) is 0.777. The van der Waals surface area contributed by atoms with Gasteiger partial charge in [0.2, 0.25) is 10.0 Å². The first kappa shape index (κ1) is 17.2. The standard InChI is InChI=1S/C19H18F2N2O2S/c1-12-8-14(3-4-17(12)21)26(24,25)23-11-19(6-7-19)16-10-22-18-5-2-13(20)9-15(16)18/h2-5,8-10,22-23H,6-7,11H2,1H3. The minimum atomic E-state index is -3.75. The SMILES string of the molecule is Cc1cc(S(=O)(=O)NCC2(c3c[nH]c4ccc(F)cc34)CC2)ccc1F. The Hall–Kier alpha value is -2.25. The summed E-state index contributed by atoms with van der Waals surface area (Å²) >= 11 is 0. The van der Waals surface area contributed by atoms with Crippen molar-refractivity contribution in [3.8, 4) is 0 Å². The maximum atomic E-state index is 13.6. The molecule has 4 rings (SSSR count). The molecule has 0 radical (unpaired) electrons. The molecule has 136 valence electrons. The van der Waals surface area contributed by atoms with Crippen molar-refractivity contribution in [3.05, 3.63) is 65.4 Å². The highest BCUT2D eigenvalue weighted by Gasteiger charge is 2.46. The van der Waals surface area contributed by atoms with Crippen LogP contribution in [0.3, 0.4) is 0 Å². The van der Waals surface area contributed by atoms with Gasteiger partial charge in [0.1, 0.15) is 11.6 Å². The first-order valence-corrected chi connectivity index (χ1v) is 9.82. The van der Waals surface area contributed by atoms with E-state index in [0.29, 0.717) is 0 Å². The Morgan fingerprint density at radius 3 is 2.62 bits per heavy atom. The summed E-state index contributed by atoms with van der Waals surface area (Å²) < 4.78 is 54.7. The van der Waals surface area contributed by atoms with Crippen molar-refractivity contribution in [1.29, 1.82) is 0 Å². The van der Waals surface area contributed by atoms with Crippen molar-refractivity contribution in [3.63, 3.8) is 0 Å². The lowest BCUT2D eigenvalue weighted by Gasteiger charge is -2.16. The molecular weight excluding hydrogens is 358 g/mol. The number of benzene rings is 2. The van der Waals surface area contributed by atoms with Crippen molar-refractivity contribution in [2.45, 2.75) is 30.1 Å². The monoisotopic (exact) mass is 376 g/mol. The Bertz CT molecular complexity index is 1100. The predicted octanol–water partition coefficient (Wildman–Crippen LogP) is 3.76. The molecule has 0 unspecified atom stereocenters. The number of fused-ring (bicyclic) bond motifs is 1. The third-order valence-electron chi connectivity index (χ3n) is 5.11. The highest BCUT2D eigenvalue weighted by atomic mass is 32.2. The Kier molecular flexibility index (Phi) is 3.89. The second kappa shape index (κ2) is 5.89. The molecule has 0 spiro atoms. The lowest BCUT2D eigenvalue weighted by Crippen LogP contribution is -2.32. The second-order valence-corrected chi connectivity index (χ2v) is 8.68. The number of nitrogens with one attached hydrogen (secondary N) is 2. The van der Waals surface area contributed by atoms with Crippen molar-refractivity contribution in [2.24, 2.45) is 0 Å². The van der Waals surface area contributed by atoms with Crippen LogP contribution in [0, 0.1) is 18.6 Å². The Morgan fingerprint density at radius 2 is 1.92 bits per heavy atom. The molecule has 1 aromatic heterocycles. The summed E-state index contributed by atoms with van der Waals surface area (Å²) in [7, 11) is -3.75. The molecule has 2 N–H and O–H groups in total. The van der Waals surface area contributed by atoms with Gasteiger partial charge in [-0.05, 0) is 67.3 Å². The van der Waals surface area contributed by atoms with Crippen molar-refractivity contribution in [1.82, 2.24) is 9.71 Å². The van der Waals surface area contributed by atoms with E-state index in [4.69, 9.17) is 0 Å². The van der Waals surface area contributed by atoms with E-state index < -0.39 is 15.8 Å². The van der Waals surface area contributed by atoms with Gasteiger partial charge >= 0.3 is 0 Å². The van der Waals surface area contributed by atoms with E-state index in [1.54, 1.807) is 6.07 Å². The van der Waals surface area contributed by atoms with E-state index in [0.717, 1.165) is 35.4 Å². The van der Waals surface area contributed by atoms with Crippen LogP contribution in [-0.4, -0.2) is 19.9 Å². The molecule has 4 nitrogen and oxygen atoms in total. The lowest BCUT2D eigenvalue weighted by molar-refractivity contribution is 0.566. The molecule has 0 bridgehead atoms. The van der Waals surface area contributed by atoms with E-state index in [2.05, 4.69) is 9.71 Å². The van der Waals surface area contributed by atoms with Crippen LogP contribution in [0.25, 0.3) is 10.9 Å². The molecule has 1 saturated carbocycles. The van der Waals surface area contributed by atoms with E-state index in [1.807, 2.05) is 6.20 Å². The van der Waals surface area contributed by atoms with Crippen LogP contribution in [0.2, 0.25) is 0 Å². The van der Waals surface area contributed by atoms with E-state index >= 15 is 0 Å². The van der Waals surface area contributed by atoms with Crippen LogP contribution < -0.4 is 4.72 Å². The van der Waals surface area contributed by atoms with Crippen LogP contribution in [0.1, 0.15) is 24.0 Å². The fraction of sp³-hybridized carbons (Fsp3) is 0.263.